The van der Waals surface area contributed by atoms with Crippen LogP contribution in [0.3, 0.4) is 0 Å². The van der Waals surface area contributed by atoms with Gasteiger partial charge in [-0.15, -0.1) is 0 Å². The second-order valence-corrected chi connectivity index (χ2v) is 5.69. The number of aryl methyl sites for hydroxylation is 2. The van der Waals surface area contributed by atoms with Gasteiger partial charge in [0.15, 0.2) is 0 Å². The monoisotopic (exact) mass is 268 g/mol. The van der Waals surface area contributed by atoms with Crippen molar-refractivity contribution in [3.8, 4) is 5.88 Å². The number of hydrogen-bond donors (Lipinski definition) is 1. The van der Waals surface area contributed by atoms with Crippen LogP contribution in [-0.4, -0.2) is 48.5 Å². The van der Waals surface area contributed by atoms with Gasteiger partial charge in [0.25, 0.3) is 0 Å². The first-order chi connectivity index (χ1) is 8.86. The lowest BCUT2D eigenvalue weighted by Gasteiger charge is -2.25. The van der Waals surface area contributed by atoms with Crippen LogP contribution in [0.4, 0.5) is 0 Å². The molecule has 1 atom stereocenters. The fourth-order valence-corrected chi connectivity index (χ4v) is 2.28. The number of methoxy groups -OCH3 is 1. The van der Waals surface area contributed by atoms with Crippen LogP contribution in [0.1, 0.15) is 25.1 Å². The molecular weight excluding hydrogens is 240 g/mol. The second kappa shape index (κ2) is 6.91. The Balaban J connectivity index is 2.74. The molecule has 19 heavy (non-hydrogen) atoms. The average Bonchev–Trinajstić information content (AvgIpc) is 2.57. The summed E-state index contributed by atoms with van der Waals surface area (Å²) in [4.78, 5) is 2.21. The topological polar surface area (TPSA) is 42.3 Å². The first-order valence-electron chi connectivity index (χ1n) is 6.81. The van der Waals surface area contributed by atoms with Gasteiger partial charge in [-0.05, 0) is 26.9 Å². The van der Waals surface area contributed by atoms with Crippen molar-refractivity contribution in [1.29, 1.82) is 0 Å². The third kappa shape index (κ3) is 4.21. The van der Waals surface area contributed by atoms with Crippen LogP contribution in [0.5, 0.6) is 5.88 Å². The van der Waals surface area contributed by atoms with Gasteiger partial charge in [-0.1, -0.05) is 13.8 Å². The van der Waals surface area contributed by atoms with Crippen molar-refractivity contribution in [3.05, 3.63) is 11.3 Å². The zero-order valence-electron chi connectivity index (χ0n) is 13.3. The molecule has 0 aliphatic heterocycles. The van der Waals surface area contributed by atoms with Crippen LogP contribution in [0.25, 0.3) is 0 Å². The van der Waals surface area contributed by atoms with E-state index in [1.807, 2.05) is 14.0 Å². The van der Waals surface area contributed by atoms with Crippen molar-refractivity contribution in [3.63, 3.8) is 0 Å². The van der Waals surface area contributed by atoms with E-state index in [1.165, 1.54) is 0 Å². The van der Waals surface area contributed by atoms with Gasteiger partial charge in [-0.2, -0.15) is 5.10 Å². The molecule has 0 aliphatic rings. The largest absolute Gasteiger partial charge is 0.481 e. The predicted octanol–water partition coefficient (Wildman–Crippen LogP) is 1.41. The zero-order chi connectivity index (χ0) is 14.6. The number of nitrogens with one attached hydrogen (secondary N) is 1. The number of ether oxygens (including phenoxy) is 1. The maximum absolute atomic E-state index is 5.42. The number of likely N-dealkylation sites (N-methyl/N-ethyl adjacent to an activating group) is 1. The Morgan fingerprint density at radius 1 is 1.37 bits per heavy atom. The summed E-state index contributed by atoms with van der Waals surface area (Å²) in [6.07, 6.45) is 0. The van der Waals surface area contributed by atoms with Crippen molar-refractivity contribution < 1.29 is 4.74 Å². The van der Waals surface area contributed by atoms with Gasteiger partial charge >= 0.3 is 0 Å². The van der Waals surface area contributed by atoms with Crippen LogP contribution in [0.15, 0.2) is 0 Å². The standard InChI is InChI=1S/C14H28N4O/c1-10(2)13(9-17(4)5)15-8-12-11(3)16-18(6)14(12)19-7/h10,13,15H,8-9H2,1-7H3. The van der Waals surface area contributed by atoms with E-state index in [4.69, 9.17) is 4.74 Å². The van der Waals surface area contributed by atoms with Crippen molar-refractivity contribution in [2.75, 3.05) is 27.7 Å². The van der Waals surface area contributed by atoms with Crippen molar-refractivity contribution >= 4 is 0 Å². The molecule has 0 saturated heterocycles. The number of aromatic nitrogens is 2. The molecule has 110 valence electrons. The summed E-state index contributed by atoms with van der Waals surface area (Å²) in [5.41, 5.74) is 2.17. The van der Waals surface area contributed by atoms with Gasteiger partial charge < -0.3 is 15.0 Å². The fourth-order valence-electron chi connectivity index (χ4n) is 2.28. The summed E-state index contributed by atoms with van der Waals surface area (Å²) in [5.74, 6) is 1.43. The quantitative estimate of drug-likeness (QED) is 0.812. The van der Waals surface area contributed by atoms with Gasteiger partial charge in [0.2, 0.25) is 5.88 Å². The minimum Gasteiger partial charge on any atom is -0.481 e. The van der Waals surface area contributed by atoms with E-state index in [1.54, 1.807) is 11.8 Å². The second-order valence-electron chi connectivity index (χ2n) is 5.69. The Labute approximate surface area is 116 Å². The molecule has 1 N–H and O–H groups in total. The van der Waals surface area contributed by atoms with Crippen LogP contribution in [0, 0.1) is 12.8 Å². The molecule has 1 rings (SSSR count). The van der Waals surface area contributed by atoms with Crippen LogP contribution in [-0.2, 0) is 13.6 Å². The highest BCUT2D eigenvalue weighted by Crippen LogP contribution is 2.21. The van der Waals surface area contributed by atoms with E-state index in [0.29, 0.717) is 12.0 Å². The van der Waals surface area contributed by atoms with Crippen LogP contribution >= 0.6 is 0 Å². The van der Waals surface area contributed by atoms with E-state index < -0.39 is 0 Å². The first-order valence-corrected chi connectivity index (χ1v) is 6.81. The van der Waals surface area contributed by atoms with E-state index in [0.717, 1.165) is 30.2 Å². The normalized spacial score (nSPS) is 13.3. The lowest BCUT2D eigenvalue weighted by Crippen LogP contribution is -2.41. The van der Waals surface area contributed by atoms with Crippen LogP contribution < -0.4 is 10.1 Å². The van der Waals surface area contributed by atoms with Crippen molar-refractivity contribution in [1.82, 2.24) is 20.0 Å². The zero-order valence-corrected chi connectivity index (χ0v) is 13.3. The Morgan fingerprint density at radius 2 is 2.00 bits per heavy atom. The van der Waals surface area contributed by atoms with Crippen LogP contribution in [0.2, 0.25) is 0 Å². The molecule has 0 amide bonds. The summed E-state index contributed by atoms with van der Waals surface area (Å²) in [7, 11) is 7.81. The SMILES string of the molecule is COc1c(CNC(CN(C)C)C(C)C)c(C)nn1C. The third-order valence-electron chi connectivity index (χ3n) is 3.39. The van der Waals surface area contributed by atoms with E-state index in [-0.39, 0.29) is 0 Å². The van der Waals surface area contributed by atoms with E-state index >= 15 is 0 Å². The predicted molar refractivity (Wildman–Crippen MR) is 78.5 cm³/mol. The highest BCUT2D eigenvalue weighted by atomic mass is 16.5. The minimum absolute atomic E-state index is 0.458. The maximum Gasteiger partial charge on any atom is 0.216 e. The molecule has 0 radical (unpaired) electrons. The molecule has 0 aromatic carbocycles. The minimum atomic E-state index is 0.458. The number of rotatable bonds is 7. The molecule has 0 fully saturated rings. The van der Waals surface area contributed by atoms with Gasteiger partial charge in [0.1, 0.15) is 0 Å². The Hall–Kier alpha value is -1.07. The highest BCUT2D eigenvalue weighted by molar-refractivity contribution is 5.30. The number of hydrogen-bond acceptors (Lipinski definition) is 4. The average molecular weight is 268 g/mol. The molecule has 0 aliphatic carbocycles. The highest BCUT2D eigenvalue weighted by Gasteiger charge is 2.18. The molecule has 1 heterocycles. The van der Waals surface area contributed by atoms with Gasteiger partial charge in [0.05, 0.1) is 18.4 Å². The van der Waals surface area contributed by atoms with Gasteiger partial charge in [-0.3, -0.25) is 0 Å². The summed E-state index contributed by atoms with van der Waals surface area (Å²) in [6, 6.07) is 0.458. The Bertz CT molecular complexity index is 398. The smallest absolute Gasteiger partial charge is 0.216 e. The molecule has 0 spiro atoms. The molecule has 1 aromatic rings. The van der Waals surface area contributed by atoms with Crippen molar-refractivity contribution in [2.45, 2.75) is 33.4 Å². The molecule has 5 heteroatoms. The third-order valence-corrected chi connectivity index (χ3v) is 3.39. The van der Waals surface area contributed by atoms with Gasteiger partial charge in [0, 0.05) is 26.2 Å². The Kier molecular flexibility index (Phi) is 5.82. The summed E-state index contributed by atoms with van der Waals surface area (Å²) < 4.78 is 7.22. The molecular formula is C14H28N4O. The summed E-state index contributed by atoms with van der Waals surface area (Å²) >= 11 is 0. The maximum atomic E-state index is 5.42. The first kappa shape index (κ1) is 16.0. The summed E-state index contributed by atoms with van der Waals surface area (Å²) in [6.45, 7) is 8.33. The molecule has 1 unspecified atom stereocenters. The van der Waals surface area contributed by atoms with Crippen molar-refractivity contribution in [2.24, 2.45) is 13.0 Å². The summed E-state index contributed by atoms with van der Waals surface area (Å²) in [5, 5.41) is 8.03. The molecule has 1 aromatic heterocycles. The van der Waals surface area contributed by atoms with Gasteiger partial charge in [-0.25, -0.2) is 4.68 Å². The number of nitrogens with zero attached hydrogens (tertiary/aromatic N) is 3. The fraction of sp³-hybridized carbons (Fsp3) is 0.786. The molecule has 5 nitrogen and oxygen atoms in total. The molecule has 0 saturated carbocycles. The van der Waals surface area contributed by atoms with E-state index in [9.17, 15) is 0 Å². The molecule has 0 bridgehead atoms. The lowest BCUT2D eigenvalue weighted by molar-refractivity contribution is 0.286. The Morgan fingerprint density at radius 3 is 2.47 bits per heavy atom. The van der Waals surface area contributed by atoms with E-state index in [2.05, 4.69) is 43.3 Å². The lowest BCUT2D eigenvalue weighted by atomic mass is 10.0.